The summed E-state index contributed by atoms with van der Waals surface area (Å²) in [7, 11) is 0. The predicted octanol–water partition coefficient (Wildman–Crippen LogP) is 4.33. The number of nitrogens with zero attached hydrogens (tertiary/aromatic N) is 3. The number of aliphatic hydroxyl groups excluding tert-OH is 2. The number of anilines is 1. The van der Waals surface area contributed by atoms with Gasteiger partial charge in [-0.05, 0) is 98.5 Å². The molecular weight excluding hydrogens is 743 g/mol. The first-order valence-electron chi connectivity index (χ1n) is 18.6. The normalized spacial score (nSPS) is 14.2. The van der Waals surface area contributed by atoms with Crippen LogP contribution in [0.15, 0.2) is 139 Å². The molecule has 1 aliphatic rings. The molecule has 5 aromatic rings. The van der Waals surface area contributed by atoms with E-state index in [1.807, 2.05) is 89.8 Å². The van der Waals surface area contributed by atoms with E-state index in [0.717, 1.165) is 22.5 Å². The Morgan fingerprint density at radius 2 is 1.16 bits per heavy atom. The van der Waals surface area contributed by atoms with Crippen LogP contribution in [0.1, 0.15) is 52.1 Å². The number of rotatable bonds is 15. The van der Waals surface area contributed by atoms with Gasteiger partial charge < -0.3 is 35.3 Å². The monoisotopic (exact) mass is 787 g/mol. The first-order chi connectivity index (χ1) is 27.9. The molecule has 1 aliphatic heterocycles. The van der Waals surface area contributed by atoms with Gasteiger partial charge in [0.15, 0.2) is 12.2 Å². The SMILES string of the molecule is CCOC(=O)[C@H](O)[C@@H](Cc1ccccc1)NC(=O)c1ccc(N2N=C(C)CC2=O)cc1.O=C(N[C@H](Cc1ccccc1)[C@@H](O)C(=O)O)c1ccc(-n2cccc2)cc1. The average Bonchev–Trinajstić information content (AvgIpc) is 3.90. The zero-order chi connectivity index (χ0) is 41.6. The molecule has 1 aromatic heterocycles. The highest BCUT2D eigenvalue weighted by Crippen LogP contribution is 2.21. The highest BCUT2D eigenvalue weighted by molar-refractivity contribution is 6.12. The predicted molar refractivity (Wildman–Crippen MR) is 217 cm³/mol. The number of nitrogens with one attached hydrogen (secondary N) is 2. The maximum Gasteiger partial charge on any atom is 0.337 e. The van der Waals surface area contributed by atoms with Crippen LogP contribution in [0.5, 0.6) is 0 Å². The topological polar surface area (TPSA) is 200 Å². The van der Waals surface area contributed by atoms with Crippen molar-refractivity contribution in [2.75, 3.05) is 11.6 Å². The van der Waals surface area contributed by atoms with Gasteiger partial charge in [-0.3, -0.25) is 14.4 Å². The number of amides is 3. The third kappa shape index (κ3) is 11.6. The van der Waals surface area contributed by atoms with Crippen LogP contribution in [-0.2, 0) is 32.0 Å². The van der Waals surface area contributed by atoms with Crippen LogP contribution in [0.25, 0.3) is 5.69 Å². The van der Waals surface area contributed by atoms with Crippen LogP contribution in [-0.4, -0.2) is 86.2 Å². The molecule has 2 heterocycles. The zero-order valence-electron chi connectivity index (χ0n) is 32.0. The van der Waals surface area contributed by atoms with Crippen molar-refractivity contribution in [2.45, 2.75) is 57.4 Å². The van der Waals surface area contributed by atoms with Gasteiger partial charge >= 0.3 is 11.9 Å². The lowest BCUT2D eigenvalue weighted by molar-refractivity contribution is -0.154. The van der Waals surface area contributed by atoms with Gasteiger partial charge in [0.25, 0.3) is 17.7 Å². The second kappa shape index (κ2) is 20.3. The fourth-order valence-electron chi connectivity index (χ4n) is 6.09. The summed E-state index contributed by atoms with van der Waals surface area (Å²) in [5.74, 6) is -3.19. The third-order valence-electron chi connectivity index (χ3n) is 9.09. The number of aliphatic carboxylic acids is 1. The Morgan fingerprint density at radius 1 is 0.690 bits per heavy atom. The zero-order valence-corrected chi connectivity index (χ0v) is 32.0. The molecule has 6 rings (SSSR count). The van der Waals surface area contributed by atoms with Crippen molar-refractivity contribution in [2.24, 2.45) is 5.10 Å². The molecule has 0 radical (unpaired) electrons. The largest absolute Gasteiger partial charge is 0.479 e. The number of carbonyl (C=O) groups excluding carboxylic acids is 4. The quantitative estimate of drug-likeness (QED) is 0.0959. The molecule has 58 heavy (non-hydrogen) atoms. The number of hydrogen-bond donors (Lipinski definition) is 5. The number of carboxylic acids is 1. The number of esters is 1. The summed E-state index contributed by atoms with van der Waals surface area (Å²) in [6.07, 6.45) is 1.32. The van der Waals surface area contributed by atoms with Crippen molar-refractivity contribution < 1.29 is 44.0 Å². The van der Waals surface area contributed by atoms with Crippen molar-refractivity contribution in [1.82, 2.24) is 15.2 Å². The molecule has 0 aliphatic carbocycles. The van der Waals surface area contributed by atoms with Gasteiger partial charge in [-0.15, -0.1) is 0 Å². The van der Waals surface area contributed by atoms with Crippen molar-refractivity contribution >= 4 is 41.1 Å². The van der Waals surface area contributed by atoms with Crippen LogP contribution in [0.4, 0.5) is 5.69 Å². The molecular formula is C44H45N5O9. The maximum absolute atomic E-state index is 12.8. The summed E-state index contributed by atoms with van der Waals surface area (Å²) < 4.78 is 6.82. The van der Waals surface area contributed by atoms with E-state index in [-0.39, 0.29) is 31.8 Å². The van der Waals surface area contributed by atoms with E-state index in [1.54, 1.807) is 62.4 Å². The Bertz CT molecular complexity index is 2180. The smallest absolute Gasteiger partial charge is 0.337 e. The minimum absolute atomic E-state index is 0.126. The number of carboxylic acid groups (broad SMARTS) is 1. The summed E-state index contributed by atoms with van der Waals surface area (Å²) in [6, 6.07) is 33.7. The first kappa shape index (κ1) is 42.2. The fraction of sp³-hybridized carbons (Fsp3) is 0.227. The Labute approximate surface area is 335 Å². The van der Waals surface area contributed by atoms with Gasteiger partial charge in [0.05, 0.1) is 30.8 Å². The number of hydrazone groups is 1. The molecule has 0 saturated carbocycles. The van der Waals surface area contributed by atoms with Crippen LogP contribution < -0.4 is 15.6 Å². The van der Waals surface area contributed by atoms with Gasteiger partial charge in [0.1, 0.15) is 0 Å². The van der Waals surface area contributed by atoms with Gasteiger partial charge in [0.2, 0.25) is 0 Å². The van der Waals surface area contributed by atoms with Crippen LogP contribution >= 0.6 is 0 Å². The van der Waals surface area contributed by atoms with E-state index >= 15 is 0 Å². The summed E-state index contributed by atoms with van der Waals surface area (Å²) in [5, 5.41) is 40.5. The van der Waals surface area contributed by atoms with Gasteiger partial charge in [-0.2, -0.15) is 5.10 Å². The van der Waals surface area contributed by atoms with E-state index in [9.17, 15) is 34.2 Å². The minimum atomic E-state index is -1.70. The lowest BCUT2D eigenvalue weighted by atomic mass is 10.0. The molecule has 14 heteroatoms. The highest BCUT2D eigenvalue weighted by atomic mass is 16.5. The first-order valence-corrected chi connectivity index (χ1v) is 18.6. The fourth-order valence-corrected chi connectivity index (χ4v) is 6.09. The van der Waals surface area contributed by atoms with Crippen LogP contribution in [0, 0.1) is 0 Å². The number of hydrogen-bond acceptors (Lipinski definition) is 9. The second-order valence-corrected chi connectivity index (χ2v) is 13.4. The molecule has 300 valence electrons. The van der Waals surface area contributed by atoms with E-state index in [2.05, 4.69) is 15.7 Å². The molecule has 0 unspecified atom stereocenters. The van der Waals surface area contributed by atoms with Crippen molar-refractivity contribution in [1.29, 1.82) is 0 Å². The Hall–Kier alpha value is -6.90. The molecule has 0 spiro atoms. The van der Waals surface area contributed by atoms with Crippen LogP contribution in [0.3, 0.4) is 0 Å². The number of aromatic nitrogens is 1. The van der Waals surface area contributed by atoms with Crippen molar-refractivity contribution in [3.8, 4) is 5.69 Å². The molecule has 4 atom stereocenters. The van der Waals surface area contributed by atoms with E-state index in [4.69, 9.17) is 9.84 Å². The Kier molecular flexibility index (Phi) is 14.8. The molecule has 5 N–H and O–H groups in total. The van der Waals surface area contributed by atoms with E-state index < -0.39 is 48.0 Å². The van der Waals surface area contributed by atoms with Gasteiger partial charge in [-0.25, -0.2) is 14.6 Å². The van der Waals surface area contributed by atoms with E-state index in [1.165, 1.54) is 5.01 Å². The van der Waals surface area contributed by atoms with Crippen LogP contribution in [0.2, 0.25) is 0 Å². The van der Waals surface area contributed by atoms with Crippen molar-refractivity contribution in [3.63, 3.8) is 0 Å². The third-order valence-corrected chi connectivity index (χ3v) is 9.09. The highest BCUT2D eigenvalue weighted by Gasteiger charge is 2.30. The molecule has 14 nitrogen and oxygen atoms in total. The summed E-state index contributed by atoms with van der Waals surface area (Å²) in [5.41, 5.74) is 4.59. The lowest BCUT2D eigenvalue weighted by Gasteiger charge is -2.23. The number of ether oxygens (including phenoxy) is 1. The molecule has 0 saturated heterocycles. The van der Waals surface area contributed by atoms with Crippen molar-refractivity contribution in [3.05, 3.63) is 156 Å². The standard InChI is InChI=1S/C23H25N3O5.C21H20N2O4/c1-3-31-23(30)21(28)19(14-16-7-5-4-6-8-16)24-22(29)17-9-11-18(12-10-17)26-20(27)13-15(2)25-26;24-19(21(26)27)18(14-15-6-2-1-3-7-15)22-20(25)16-8-10-17(11-9-16)23-12-4-5-13-23/h4-12,19,21,28H,3,13-14H2,1-2H3,(H,24,29);1-13,18-19,24H,14H2,(H,22,25)(H,26,27)/t19-,21-;18-,19-/m11/s1. The summed E-state index contributed by atoms with van der Waals surface area (Å²) in [6.45, 7) is 3.55. The van der Waals surface area contributed by atoms with Gasteiger partial charge in [0, 0.05) is 34.9 Å². The Balaban J connectivity index is 0.000000223. The molecule has 4 aromatic carbocycles. The molecule has 0 fully saturated rings. The number of carbonyl (C=O) groups is 5. The second-order valence-electron chi connectivity index (χ2n) is 13.4. The summed E-state index contributed by atoms with van der Waals surface area (Å²) >= 11 is 0. The minimum Gasteiger partial charge on any atom is -0.479 e. The maximum atomic E-state index is 12.8. The van der Waals surface area contributed by atoms with Gasteiger partial charge in [-0.1, -0.05) is 60.7 Å². The molecule has 0 bridgehead atoms. The Morgan fingerprint density at radius 3 is 1.59 bits per heavy atom. The lowest BCUT2D eigenvalue weighted by Crippen LogP contribution is -2.48. The summed E-state index contributed by atoms with van der Waals surface area (Å²) in [4.78, 5) is 60.6. The average molecular weight is 788 g/mol. The molecule has 3 amide bonds. The number of benzene rings is 4. The van der Waals surface area contributed by atoms with E-state index in [0.29, 0.717) is 16.8 Å². The number of aliphatic hydroxyl groups is 2.